The molecule has 0 unspecified atom stereocenters. The van der Waals surface area contributed by atoms with Gasteiger partial charge in [-0.05, 0) is 37.8 Å². The summed E-state index contributed by atoms with van der Waals surface area (Å²) in [6, 6.07) is 5.19. The molecule has 1 amide bonds. The van der Waals surface area contributed by atoms with Gasteiger partial charge >= 0.3 is 0 Å². The summed E-state index contributed by atoms with van der Waals surface area (Å²) in [5, 5.41) is 3.07. The zero-order chi connectivity index (χ0) is 14.1. The van der Waals surface area contributed by atoms with Gasteiger partial charge in [-0.25, -0.2) is 4.39 Å². The normalized spacial score (nSPS) is 20.9. The third kappa shape index (κ3) is 2.96. The Labute approximate surface area is 123 Å². The minimum atomic E-state index is -0.564. The fourth-order valence-corrected chi connectivity index (χ4v) is 3.07. The lowest BCUT2D eigenvalue weighted by Gasteiger charge is -2.32. The Morgan fingerprint density at radius 2 is 1.95 bits per heavy atom. The molecule has 3 rings (SSSR count). The second kappa shape index (κ2) is 5.70. The standard InChI is InChI=1S/C15H18ClFN2O/c16-12-2-1-3-13(17)14(12)15(20)18-10-6-8-19(9-7-10)11-4-5-11/h1-3,10-11H,4-9H2,(H,18,20). The van der Waals surface area contributed by atoms with E-state index in [2.05, 4.69) is 10.2 Å². The molecule has 1 saturated heterocycles. The average molecular weight is 297 g/mol. The van der Waals surface area contributed by atoms with Gasteiger partial charge in [0.25, 0.3) is 5.91 Å². The lowest BCUT2D eigenvalue weighted by molar-refractivity contribution is 0.0905. The summed E-state index contributed by atoms with van der Waals surface area (Å²) in [4.78, 5) is 14.6. The van der Waals surface area contributed by atoms with E-state index >= 15 is 0 Å². The van der Waals surface area contributed by atoms with Crippen LogP contribution in [0.25, 0.3) is 0 Å². The largest absolute Gasteiger partial charge is 0.349 e. The summed E-state index contributed by atoms with van der Waals surface area (Å²) in [5.41, 5.74) is -0.0428. The molecule has 2 fully saturated rings. The highest BCUT2D eigenvalue weighted by molar-refractivity contribution is 6.33. The molecule has 5 heteroatoms. The summed E-state index contributed by atoms with van der Waals surface area (Å²) >= 11 is 5.91. The van der Waals surface area contributed by atoms with Crippen LogP contribution in [0.15, 0.2) is 18.2 Å². The number of hydrogen-bond donors (Lipinski definition) is 1. The van der Waals surface area contributed by atoms with Crippen molar-refractivity contribution >= 4 is 17.5 Å². The third-order valence-corrected chi connectivity index (χ3v) is 4.43. The molecule has 0 atom stereocenters. The number of piperidine rings is 1. The molecule has 0 bridgehead atoms. The maximum atomic E-state index is 13.7. The highest BCUT2D eigenvalue weighted by Gasteiger charge is 2.32. The number of nitrogens with zero attached hydrogens (tertiary/aromatic N) is 1. The molecule has 1 heterocycles. The smallest absolute Gasteiger partial charge is 0.255 e. The molecule has 20 heavy (non-hydrogen) atoms. The molecule has 108 valence electrons. The maximum Gasteiger partial charge on any atom is 0.255 e. The highest BCUT2D eigenvalue weighted by Crippen LogP contribution is 2.29. The molecule has 1 saturated carbocycles. The van der Waals surface area contributed by atoms with Crippen molar-refractivity contribution in [1.82, 2.24) is 10.2 Å². The Morgan fingerprint density at radius 3 is 2.55 bits per heavy atom. The fraction of sp³-hybridized carbons (Fsp3) is 0.533. The van der Waals surface area contributed by atoms with Crippen LogP contribution in [0.3, 0.4) is 0 Å². The Bertz CT molecular complexity index is 490. The van der Waals surface area contributed by atoms with Gasteiger partial charge in [0, 0.05) is 25.2 Å². The van der Waals surface area contributed by atoms with Crippen LogP contribution in [0.5, 0.6) is 0 Å². The highest BCUT2D eigenvalue weighted by atomic mass is 35.5. The van der Waals surface area contributed by atoms with Crippen LogP contribution in [-0.4, -0.2) is 36.0 Å². The van der Waals surface area contributed by atoms with Crippen molar-refractivity contribution in [1.29, 1.82) is 0 Å². The molecular formula is C15H18ClFN2O. The predicted molar refractivity (Wildman–Crippen MR) is 76.5 cm³/mol. The number of likely N-dealkylation sites (tertiary alicyclic amines) is 1. The van der Waals surface area contributed by atoms with E-state index in [4.69, 9.17) is 11.6 Å². The number of carbonyl (C=O) groups is 1. The first-order valence-corrected chi connectivity index (χ1v) is 7.52. The molecule has 1 N–H and O–H groups in total. The van der Waals surface area contributed by atoms with E-state index < -0.39 is 11.7 Å². The van der Waals surface area contributed by atoms with Crippen molar-refractivity contribution in [2.45, 2.75) is 37.8 Å². The molecule has 1 aromatic rings. The van der Waals surface area contributed by atoms with Gasteiger partial charge in [-0.2, -0.15) is 0 Å². The molecule has 1 aliphatic carbocycles. The number of amides is 1. The number of halogens is 2. The summed E-state index contributed by atoms with van der Waals surface area (Å²) in [5.74, 6) is -0.969. The van der Waals surface area contributed by atoms with E-state index in [1.54, 1.807) is 0 Å². The number of benzene rings is 1. The van der Waals surface area contributed by atoms with Gasteiger partial charge in [0.15, 0.2) is 0 Å². The lowest BCUT2D eigenvalue weighted by atomic mass is 10.0. The van der Waals surface area contributed by atoms with Crippen LogP contribution in [0.1, 0.15) is 36.0 Å². The monoisotopic (exact) mass is 296 g/mol. The van der Waals surface area contributed by atoms with Gasteiger partial charge in [0.05, 0.1) is 10.6 Å². The van der Waals surface area contributed by atoms with E-state index in [1.807, 2.05) is 0 Å². The number of rotatable bonds is 3. The lowest BCUT2D eigenvalue weighted by Crippen LogP contribution is -2.45. The second-order valence-corrected chi connectivity index (χ2v) is 6.02. The van der Waals surface area contributed by atoms with Crippen molar-refractivity contribution in [2.24, 2.45) is 0 Å². The van der Waals surface area contributed by atoms with Gasteiger partial charge in [-0.1, -0.05) is 17.7 Å². The topological polar surface area (TPSA) is 32.3 Å². The molecular weight excluding hydrogens is 279 g/mol. The summed E-state index contributed by atoms with van der Waals surface area (Å²) < 4.78 is 13.7. The minimum absolute atomic E-state index is 0.0428. The maximum absolute atomic E-state index is 13.7. The number of nitrogens with one attached hydrogen (secondary N) is 1. The first kappa shape index (κ1) is 13.8. The SMILES string of the molecule is O=C(NC1CCN(C2CC2)CC1)c1c(F)cccc1Cl. The summed E-state index contributed by atoms with van der Waals surface area (Å²) in [7, 11) is 0. The molecule has 0 aromatic heterocycles. The van der Waals surface area contributed by atoms with Gasteiger partial charge in [-0.15, -0.1) is 0 Å². The van der Waals surface area contributed by atoms with Gasteiger partial charge < -0.3 is 10.2 Å². The predicted octanol–water partition coefficient (Wildman–Crippen LogP) is 2.84. The first-order chi connectivity index (χ1) is 9.65. The molecule has 3 nitrogen and oxygen atoms in total. The van der Waals surface area contributed by atoms with Crippen LogP contribution in [0.2, 0.25) is 5.02 Å². The quantitative estimate of drug-likeness (QED) is 0.930. The molecule has 1 aromatic carbocycles. The van der Waals surface area contributed by atoms with Crippen LogP contribution < -0.4 is 5.32 Å². The minimum Gasteiger partial charge on any atom is -0.349 e. The second-order valence-electron chi connectivity index (χ2n) is 5.61. The summed E-state index contributed by atoms with van der Waals surface area (Å²) in [6.07, 6.45) is 4.46. The van der Waals surface area contributed by atoms with Crippen molar-refractivity contribution in [2.75, 3.05) is 13.1 Å². The third-order valence-electron chi connectivity index (χ3n) is 4.12. The first-order valence-electron chi connectivity index (χ1n) is 7.14. The zero-order valence-electron chi connectivity index (χ0n) is 11.2. The Hall–Kier alpha value is -1.13. The van der Waals surface area contributed by atoms with E-state index in [1.165, 1.54) is 31.0 Å². The van der Waals surface area contributed by atoms with Crippen molar-refractivity contribution < 1.29 is 9.18 Å². The van der Waals surface area contributed by atoms with Crippen LogP contribution in [0, 0.1) is 5.82 Å². The summed E-state index contributed by atoms with van der Waals surface area (Å²) in [6.45, 7) is 2.03. The van der Waals surface area contributed by atoms with E-state index in [0.29, 0.717) is 0 Å². The fourth-order valence-electron chi connectivity index (χ4n) is 2.82. The van der Waals surface area contributed by atoms with Crippen molar-refractivity contribution in [3.05, 3.63) is 34.6 Å². The van der Waals surface area contributed by atoms with Gasteiger partial charge in [0.1, 0.15) is 5.82 Å². The number of carbonyl (C=O) groups excluding carboxylic acids is 1. The van der Waals surface area contributed by atoms with Crippen LogP contribution >= 0.6 is 11.6 Å². The van der Waals surface area contributed by atoms with E-state index in [9.17, 15) is 9.18 Å². The Balaban J connectivity index is 1.59. The average Bonchev–Trinajstić information content (AvgIpc) is 3.24. The number of hydrogen-bond acceptors (Lipinski definition) is 2. The molecule has 0 spiro atoms. The Morgan fingerprint density at radius 1 is 1.25 bits per heavy atom. The van der Waals surface area contributed by atoms with Crippen molar-refractivity contribution in [3.63, 3.8) is 0 Å². The van der Waals surface area contributed by atoms with Crippen LogP contribution in [-0.2, 0) is 0 Å². The van der Waals surface area contributed by atoms with E-state index in [0.717, 1.165) is 32.0 Å². The van der Waals surface area contributed by atoms with E-state index in [-0.39, 0.29) is 16.6 Å². The van der Waals surface area contributed by atoms with Crippen LogP contribution in [0.4, 0.5) is 4.39 Å². The zero-order valence-corrected chi connectivity index (χ0v) is 12.0. The van der Waals surface area contributed by atoms with Crippen molar-refractivity contribution in [3.8, 4) is 0 Å². The molecule has 1 aliphatic heterocycles. The molecule has 0 radical (unpaired) electrons. The Kier molecular flexibility index (Phi) is 3.94. The van der Waals surface area contributed by atoms with Gasteiger partial charge in [-0.3, -0.25) is 4.79 Å². The van der Waals surface area contributed by atoms with Gasteiger partial charge in [0.2, 0.25) is 0 Å². The molecule has 2 aliphatic rings.